The molecule has 4 aromatic rings. The van der Waals surface area contributed by atoms with Gasteiger partial charge in [0.15, 0.2) is 11.5 Å². The van der Waals surface area contributed by atoms with Gasteiger partial charge in [-0.2, -0.15) is 4.98 Å². The lowest BCUT2D eigenvalue weighted by atomic mass is 9.99. The van der Waals surface area contributed by atoms with E-state index in [9.17, 15) is 9.59 Å². The van der Waals surface area contributed by atoms with Crippen molar-refractivity contribution >= 4 is 28.4 Å². The van der Waals surface area contributed by atoms with Crippen molar-refractivity contribution in [3.05, 3.63) is 82.6 Å². The van der Waals surface area contributed by atoms with Crippen LogP contribution < -0.4 is 15.5 Å². The molecule has 2 aliphatic heterocycles. The van der Waals surface area contributed by atoms with Crippen LogP contribution >= 0.6 is 0 Å². The first-order valence-corrected chi connectivity index (χ1v) is 15.3. The molecule has 0 aliphatic carbocycles. The second-order valence-corrected chi connectivity index (χ2v) is 12.3. The minimum atomic E-state index is -0.732. The van der Waals surface area contributed by atoms with Gasteiger partial charge in [0, 0.05) is 50.6 Å². The molecule has 5 heterocycles. The highest BCUT2D eigenvalue weighted by Crippen LogP contribution is 2.38. The molecule has 1 aromatic carbocycles. The van der Waals surface area contributed by atoms with E-state index in [4.69, 9.17) is 4.98 Å². The zero-order valence-electron chi connectivity index (χ0n) is 26.2. The second kappa shape index (κ2) is 11.7. The summed E-state index contributed by atoms with van der Waals surface area (Å²) in [6.45, 7) is 12.7. The summed E-state index contributed by atoms with van der Waals surface area (Å²) >= 11 is 0. The van der Waals surface area contributed by atoms with Gasteiger partial charge in [0.1, 0.15) is 17.3 Å². The lowest BCUT2D eigenvalue weighted by Gasteiger charge is -2.44. The zero-order valence-corrected chi connectivity index (χ0v) is 26.2. The number of benzene rings is 1. The highest BCUT2D eigenvalue weighted by Gasteiger charge is 2.34. The van der Waals surface area contributed by atoms with Gasteiger partial charge in [-0.25, -0.2) is 23.1 Å². The first-order chi connectivity index (χ1) is 21.5. The number of amides is 1. The first-order valence-electron chi connectivity index (χ1n) is 15.3. The van der Waals surface area contributed by atoms with Gasteiger partial charge >= 0.3 is 5.69 Å². The third-order valence-electron chi connectivity index (χ3n) is 8.90. The Kier molecular flexibility index (Phi) is 7.88. The molecule has 0 saturated carbocycles. The van der Waals surface area contributed by atoms with Crippen molar-refractivity contribution in [1.29, 1.82) is 0 Å². The SMILES string of the molecule is C=CC(=O)N1C[C@H](C)N(c2nc(=O)n3c4nc(c(F)cc24)-c2c(F)cccc2N(C)CCCc2ccnc(C(C)C)c2-3)C[C@H]1C. The minimum Gasteiger partial charge on any atom is -0.374 e. The summed E-state index contributed by atoms with van der Waals surface area (Å²) in [6, 6.07) is 7.37. The van der Waals surface area contributed by atoms with Crippen LogP contribution in [0.4, 0.5) is 20.3 Å². The number of carbonyl (C=O) groups excluding carboxylic acids is 1. The molecule has 0 unspecified atom stereocenters. The Morgan fingerprint density at radius 1 is 1.09 bits per heavy atom. The number of halogens is 2. The fraction of sp³-hybridized carbons (Fsp3) is 0.382. The molecule has 1 amide bonds. The van der Waals surface area contributed by atoms with Gasteiger partial charge in [-0.3, -0.25) is 9.78 Å². The molecule has 2 atom stereocenters. The van der Waals surface area contributed by atoms with Crippen molar-refractivity contribution in [1.82, 2.24) is 24.4 Å². The standard InChI is InChI=1S/C34H37F2N7O2/c1-7-27(44)41-17-21(5)42(18-20(41)4)32-23-16-25(36)30-28-24(35)11-8-12-26(28)40(6)15-9-10-22-13-14-37-29(19(2)3)31(22)43(33(23)38-30)34(45)39-32/h7-8,11-14,16,19-21H,1,9-10,15,17-18H2,2-6H3/t20-,21+/m1/s1. The molecule has 6 rings (SSSR count). The lowest BCUT2D eigenvalue weighted by molar-refractivity contribution is -0.128. The van der Waals surface area contributed by atoms with Crippen LogP contribution in [-0.2, 0) is 11.2 Å². The van der Waals surface area contributed by atoms with E-state index in [2.05, 4.69) is 16.5 Å². The molecule has 1 fully saturated rings. The summed E-state index contributed by atoms with van der Waals surface area (Å²) in [4.78, 5) is 46.4. The maximum absolute atomic E-state index is 16.3. The number of carbonyl (C=O) groups is 1. The van der Waals surface area contributed by atoms with Crippen LogP contribution in [0.2, 0.25) is 0 Å². The summed E-state index contributed by atoms with van der Waals surface area (Å²) < 4.78 is 33.4. The fourth-order valence-corrected chi connectivity index (χ4v) is 6.63. The average Bonchev–Trinajstić information content (AvgIpc) is 3.00. The van der Waals surface area contributed by atoms with E-state index < -0.39 is 17.3 Å². The molecule has 0 radical (unpaired) electrons. The van der Waals surface area contributed by atoms with Crippen LogP contribution in [0.5, 0.6) is 0 Å². The number of piperazine rings is 1. The van der Waals surface area contributed by atoms with E-state index in [1.54, 1.807) is 23.2 Å². The van der Waals surface area contributed by atoms with Crippen molar-refractivity contribution in [2.75, 3.05) is 36.5 Å². The third-order valence-corrected chi connectivity index (χ3v) is 8.90. The van der Waals surface area contributed by atoms with Crippen LogP contribution in [0.3, 0.4) is 0 Å². The molecule has 2 aliphatic rings. The zero-order chi connectivity index (χ0) is 32.2. The Balaban J connectivity index is 1.70. The predicted molar refractivity (Wildman–Crippen MR) is 172 cm³/mol. The fourth-order valence-electron chi connectivity index (χ4n) is 6.63. The third kappa shape index (κ3) is 5.13. The number of pyridine rings is 2. The molecule has 234 valence electrons. The molecular weight excluding hydrogens is 576 g/mol. The van der Waals surface area contributed by atoms with E-state index in [0.29, 0.717) is 54.9 Å². The van der Waals surface area contributed by atoms with Gasteiger partial charge in [-0.15, -0.1) is 0 Å². The summed E-state index contributed by atoms with van der Waals surface area (Å²) in [6.07, 6.45) is 4.34. The molecule has 45 heavy (non-hydrogen) atoms. The van der Waals surface area contributed by atoms with Gasteiger partial charge in [-0.1, -0.05) is 26.5 Å². The van der Waals surface area contributed by atoms with Gasteiger partial charge in [0.05, 0.1) is 22.3 Å². The Labute approximate surface area is 260 Å². The van der Waals surface area contributed by atoms with Gasteiger partial charge in [0.25, 0.3) is 0 Å². The van der Waals surface area contributed by atoms with Gasteiger partial charge < -0.3 is 14.7 Å². The first kappa shape index (κ1) is 30.4. The Bertz CT molecular complexity index is 1890. The second-order valence-electron chi connectivity index (χ2n) is 12.3. The van der Waals surface area contributed by atoms with Crippen LogP contribution in [0.1, 0.15) is 51.3 Å². The molecule has 11 heteroatoms. The summed E-state index contributed by atoms with van der Waals surface area (Å²) in [7, 11) is 1.85. The summed E-state index contributed by atoms with van der Waals surface area (Å²) in [5, 5.41) is 0.311. The number of aromatic nitrogens is 4. The highest BCUT2D eigenvalue weighted by atomic mass is 19.1. The Hall–Kier alpha value is -4.67. The highest BCUT2D eigenvalue weighted by molar-refractivity contribution is 5.92. The molecule has 3 aromatic heterocycles. The molecule has 9 nitrogen and oxygen atoms in total. The van der Waals surface area contributed by atoms with Crippen molar-refractivity contribution in [3.63, 3.8) is 0 Å². The quantitative estimate of drug-likeness (QED) is 0.292. The van der Waals surface area contributed by atoms with Crippen molar-refractivity contribution in [2.24, 2.45) is 0 Å². The number of anilines is 2. The molecular formula is C34H37F2N7O2. The maximum Gasteiger partial charge on any atom is 0.355 e. The number of hydrogen-bond acceptors (Lipinski definition) is 7. The van der Waals surface area contributed by atoms with E-state index in [-0.39, 0.29) is 46.6 Å². The maximum atomic E-state index is 16.3. The van der Waals surface area contributed by atoms with E-state index in [0.717, 1.165) is 5.56 Å². The Morgan fingerprint density at radius 2 is 1.87 bits per heavy atom. The van der Waals surface area contributed by atoms with E-state index in [1.165, 1.54) is 22.8 Å². The Morgan fingerprint density at radius 3 is 2.60 bits per heavy atom. The average molecular weight is 614 g/mol. The minimum absolute atomic E-state index is 0.0337. The van der Waals surface area contributed by atoms with Gasteiger partial charge in [-0.05, 0) is 68.5 Å². The van der Waals surface area contributed by atoms with E-state index >= 15 is 8.78 Å². The smallest absolute Gasteiger partial charge is 0.355 e. The number of rotatable bonds is 3. The number of fused-ring (bicyclic) bond motifs is 5. The topological polar surface area (TPSA) is 87.5 Å². The van der Waals surface area contributed by atoms with Crippen LogP contribution in [0.15, 0.2) is 54.0 Å². The van der Waals surface area contributed by atoms with Crippen molar-refractivity contribution < 1.29 is 13.6 Å². The van der Waals surface area contributed by atoms with Crippen molar-refractivity contribution in [2.45, 2.75) is 58.5 Å². The van der Waals surface area contributed by atoms with Crippen LogP contribution in [0, 0.1) is 11.6 Å². The number of hydrogen-bond donors (Lipinski definition) is 0. The van der Waals surface area contributed by atoms with Gasteiger partial charge in [0.2, 0.25) is 5.91 Å². The summed E-state index contributed by atoms with van der Waals surface area (Å²) in [5.41, 5.74) is 2.09. The number of nitrogens with zero attached hydrogens (tertiary/aromatic N) is 7. The largest absolute Gasteiger partial charge is 0.374 e. The van der Waals surface area contributed by atoms with Crippen LogP contribution in [0.25, 0.3) is 28.0 Å². The molecule has 0 N–H and O–H groups in total. The summed E-state index contributed by atoms with van der Waals surface area (Å²) in [5.74, 6) is -1.31. The van der Waals surface area contributed by atoms with E-state index in [1.807, 2.05) is 50.6 Å². The normalized spacial score (nSPS) is 18.4. The van der Waals surface area contributed by atoms with Crippen molar-refractivity contribution in [3.8, 4) is 16.9 Å². The molecule has 0 spiro atoms. The molecule has 2 bridgehead atoms. The monoisotopic (exact) mass is 613 g/mol. The predicted octanol–water partition coefficient (Wildman–Crippen LogP) is 5.24. The molecule has 1 saturated heterocycles. The van der Waals surface area contributed by atoms with Crippen LogP contribution in [-0.4, -0.2) is 69.1 Å². The number of aryl methyl sites for hydroxylation is 1. The lowest BCUT2D eigenvalue weighted by Crippen LogP contribution is -2.58.